The summed E-state index contributed by atoms with van der Waals surface area (Å²) >= 11 is 0. The van der Waals surface area contributed by atoms with Gasteiger partial charge < -0.3 is 19.2 Å². The van der Waals surface area contributed by atoms with Crippen LogP contribution in [0, 0.1) is 16.7 Å². The van der Waals surface area contributed by atoms with Crippen molar-refractivity contribution in [2.45, 2.75) is 26.8 Å². The summed E-state index contributed by atoms with van der Waals surface area (Å²) in [6, 6.07) is 1.87. The minimum Gasteiger partial charge on any atom is -0.467 e. The Hall–Kier alpha value is -1.37. The van der Waals surface area contributed by atoms with Crippen molar-refractivity contribution in [1.29, 1.82) is 0 Å². The Balaban J connectivity index is 1.42. The summed E-state index contributed by atoms with van der Waals surface area (Å²) in [6.07, 6.45) is 2.56. The van der Waals surface area contributed by atoms with Gasteiger partial charge in [-0.15, -0.1) is 0 Å². The number of furan rings is 1. The first-order chi connectivity index (χ1) is 11.9. The van der Waals surface area contributed by atoms with Crippen LogP contribution in [0.25, 0.3) is 0 Å². The van der Waals surface area contributed by atoms with E-state index in [1.807, 2.05) is 11.0 Å². The lowest BCUT2D eigenvalue weighted by molar-refractivity contribution is -0.0977. The number of aliphatic hydroxyl groups excluding tert-OH is 1. The third-order valence-electron chi connectivity index (χ3n) is 6.38. The third-order valence-corrected chi connectivity index (χ3v) is 6.38. The van der Waals surface area contributed by atoms with Crippen LogP contribution in [0.4, 0.5) is 0 Å². The van der Waals surface area contributed by atoms with Gasteiger partial charge in [0.25, 0.3) is 5.91 Å². The van der Waals surface area contributed by atoms with Gasteiger partial charge in [0.2, 0.25) is 0 Å². The molecule has 1 aliphatic carbocycles. The first kappa shape index (κ1) is 17.1. The fourth-order valence-corrected chi connectivity index (χ4v) is 5.23. The van der Waals surface area contributed by atoms with Crippen LogP contribution in [0.3, 0.4) is 0 Å². The molecule has 25 heavy (non-hydrogen) atoms. The number of rotatable bonds is 4. The summed E-state index contributed by atoms with van der Waals surface area (Å²) in [6.45, 7) is 10.0. The first-order valence-corrected chi connectivity index (χ1v) is 9.21. The first-order valence-electron chi connectivity index (χ1n) is 9.21. The predicted molar refractivity (Wildman–Crippen MR) is 92.1 cm³/mol. The minimum absolute atomic E-state index is 0.0232. The van der Waals surface area contributed by atoms with E-state index >= 15 is 0 Å². The molecule has 2 aliphatic heterocycles. The molecule has 0 spiro atoms. The van der Waals surface area contributed by atoms with E-state index in [9.17, 15) is 9.90 Å². The summed E-state index contributed by atoms with van der Waals surface area (Å²) in [5.74, 6) is 1.23. The summed E-state index contributed by atoms with van der Waals surface area (Å²) in [7, 11) is 0. The number of ether oxygens (including phenoxy) is 1. The van der Waals surface area contributed by atoms with Crippen molar-refractivity contribution in [3.05, 3.63) is 23.7 Å². The highest BCUT2D eigenvalue weighted by molar-refractivity contribution is 5.94. The number of hydrogen-bond donors (Lipinski definition) is 1. The molecule has 1 aromatic heterocycles. The van der Waals surface area contributed by atoms with Crippen molar-refractivity contribution in [3.8, 4) is 0 Å². The summed E-state index contributed by atoms with van der Waals surface area (Å²) < 4.78 is 11.0. The van der Waals surface area contributed by atoms with Gasteiger partial charge in [-0.2, -0.15) is 0 Å². The highest BCUT2D eigenvalue weighted by Gasteiger charge is 2.63. The highest BCUT2D eigenvalue weighted by atomic mass is 16.5. The Morgan fingerprint density at radius 2 is 2.12 bits per heavy atom. The van der Waals surface area contributed by atoms with E-state index in [1.165, 1.54) is 0 Å². The van der Waals surface area contributed by atoms with Gasteiger partial charge in [0, 0.05) is 31.6 Å². The van der Waals surface area contributed by atoms with Crippen LogP contribution in [0.1, 0.15) is 36.4 Å². The van der Waals surface area contributed by atoms with E-state index in [0.717, 1.165) is 45.0 Å². The van der Waals surface area contributed by atoms with E-state index in [1.54, 1.807) is 6.26 Å². The smallest absolute Gasteiger partial charge is 0.257 e. The number of fused-ring (bicyclic) bond motifs is 1. The lowest BCUT2D eigenvalue weighted by Gasteiger charge is -2.55. The molecule has 138 valence electrons. The van der Waals surface area contributed by atoms with Crippen molar-refractivity contribution in [2.75, 3.05) is 46.0 Å². The van der Waals surface area contributed by atoms with Gasteiger partial charge in [-0.3, -0.25) is 9.69 Å². The number of morpholine rings is 1. The second kappa shape index (κ2) is 6.11. The molecule has 2 saturated heterocycles. The number of aliphatic hydroxyl groups is 1. The van der Waals surface area contributed by atoms with Crippen LogP contribution in [0.5, 0.6) is 0 Å². The molecular formula is C19H28N2O4. The maximum Gasteiger partial charge on any atom is 0.257 e. The molecule has 1 aromatic rings. The maximum absolute atomic E-state index is 12.9. The van der Waals surface area contributed by atoms with Gasteiger partial charge in [0.05, 0.1) is 31.9 Å². The molecule has 4 rings (SSSR count). The van der Waals surface area contributed by atoms with Crippen LogP contribution in [0.15, 0.2) is 16.7 Å². The van der Waals surface area contributed by atoms with Gasteiger partial charge >= 0.3 is 0 Å². The third kappa shape index (κ3) is 2.90. The average molecular weight is 348 g/mol. The van der Waals surface area contributed by atoms with Gasteiger partial charge in [-0.25, -0.2) is 0 Å². The molecule has 3 heterocycles. The maximum atomic E-state index is 12.9. The number of carbonyl (C=O) groups excluding carboxylic acids is 1. The zero-order valence-electron chi connectivity index (χ0n) is 15.2. The van der Waals surface area contributed by atoms with Crippen LogP contribution in [0.2, 0.25) is 0 Å². The lowest BCUT2D eigenvalue weighted by Crippen LogP contribution is -2.54. The Bertz CT molecular complexity index is 650. The standard InChI is InChI=1S/C19H28N2O4/c1-18(2)11-19(13-22)12-21(9-16(18)19)17(23)14-7-15(25-10-14)8-20-3-5-24-6-4-20/h7,10,16,22H,3-6,8-9,11-13H2,1-2H3/t16-,19-/m1/s1. The fraction of sp³-hybridized carbons (Fsp3) is 0.737. The number of hydrogen-bond acceptors (Lipinski definition) is 5. The van der Waals surface area contributed by atoms with Crippen molar-refractivity contribution >= 4 is 5.91 Å². The van der Waals surface area contributed by atoms with Crippen molar-refractivity contribution in [1.82, 2.24) is 9.80 Å². The molecule has 0 aromatic carbocycles. The fourth-order valence-electron chi connectivity index (χ4n) is 5.23. The lowest BCUT2D eigenvalue weighted by atomic mass is 9.48. The second-order valence-electron chi connectivity index (χ2n) is 8.61. The van der Waals surface area contributed by atoms with Crippen LogP contribution in [-0.2, 0) is 11.3 Å². The minimum atomic E-state index is -0.0977. The van der Waals surface area contributed by atoms with E-state index in [0.29, 0.717) is 24.6 Å². The topological polar surface area (TPSA) is 66.2 Å². The van der Waals surface area contributed by atoms with Gasteiger partial charge in [-0.05, 0) is 23.8 Å². The molecule has 1 amide bonds. The Morgan fingerprint density at radius 1 is 1.36 bits per heavy atom. The number of nitrogens with zero attached hydrogens (tertiary/aromatic N) is 2. The van der Waals surface area contributed by atoms with Crippen molar-refractivity contribution in [2.24, 2.45) is 16.7 Å². The zero-order valence-corrected chi connectivity index (χ0v) is 15.2. The predicted octanol–water partition coefficient (Wildman–Crippen LogP) is 1.59. The molecule has 0 bridgehead atoms. The molecule has 6 nitrogen and oxygen atoms in total. The molecule has 2 atom stereocenters. The quantitative estimate of drug-likeness (QED) is 0.895. The molecule has 3 aliphatic rings. The van der Waals surface area contributed by atoms with Crippen LogP contribution in [-0.4, -0.2) is 66.8 Å². The summed E-state index contributed by atoms with van der Waals surface area (Å²) in [5, 5.41) is 9.86. The molecule has 0 radical (unpaired) electrons. The van der Waals surface area contributed by atoms with E-state index in [4.69, 9.17) is 9.15 Å². The summed E-state index contributed by atoms with van der Waals surface area (Å²) in [4.78, 5) is 17.1. The van der Waals surface area contributed by atoms with Gasteiger partial charge in [0.1, 0.15) is 12.0 Å². The molecular weight excluding hydrogens is 320 g/mol. The molecule has 1 N–H and O–H groups in total. The normalized spacial score (nSPS) is 31.6. The Morgan fingerprint density at radius 3 is 2.76 bits per heavy atom. The number of amides is 1. The van der Waals surface area contributed by atoms with Crippen molar-refractivity contribution < 1.29 is 19.1 Å². The average Bonchev–Trinajstić information content (AvgIpc) is 3.18. The van der Waals surface area contributed by atoms with Crippen LogP contribution < -0.4 is 0 Å². The second-order valence-corrected chi connectivity index (χ2v) is 8.61. The molecule has 3 fully saturated rings. The monoisotopic (exact) mass is 348 g/mol. The largest absolute Gasteiger partial charge is 0.467 e. The number of likely N-dealkylation sites (tertiary alicyclic amines) is 1. The molecule has 6 heteroatoms. The van der Waals surface area contributed by atoms with E-state index < -0.39 is 0 Å². The SMILES string of the molecule is CC1(C)C[C@]2(CO)CN(C(=O)c3coc(CN4CCOCC4)c3)C[C@H]12. The molecule has 1 saturated carbocycles. The Labute approximate surface area is 148 Å². The highest BCUT2D eigenvalue weighted by Crippen LogP contribution is 2.62. The Kier molecular flexibility index (Phi) is 4.17. The van der Waals surface area contributed by atoms with E-state index in [2.05, 4.69) is 18.7 Å². The van der Waals surface area contributed by atoms with Crippen molar-refractivity contribution in [3.63, 3.8) is 0 Å². The zero-order chi connectivity index (χ0) is 17.7. The van der Waals surface area contributed by atoms with Gasteiger partial charge in [0.15, 0.2) is 0 Å². The van der Waals surface area contributed by atoms with Gasteiger partial charge in [-0.1, -0.05) is 13.8 Å². The number of carbonyl (C=O) groups is 1. The van der Waals surface area contributed by atoms with Crippen LogP contribution >= 0.6 is 0 Å². The van der Waals surface area contributed by atoms with E-state index in [-0.39, 0.29) is 23.3 Å². The molecule has 0 unspecified atom stereocenters. The summed E-state index contributed by atoms with van der Waals surface area (Å²) in [5.41, 5.74) is 0.727.